The van der Waals surface area contributed by atoms with Crippen LogP contribution in [0.5, 0.6) is 5.75 Å². The fourth-order valence-electron chi connectivity index (χ4n) is 3.43. The first-order valence-electron chi connectivity index (χ1n) is 9.01. The van der Waals surface area contributed by atoms with Gasteiger partial charge in [0.1, 0.15) is 5.82 Å². The van der Waals surface area contributed by atoms with E-state index in [4.69, 9.17) is 4.74 Å². The highest BCUT2D eigenvalue weighted by atomic mass is 19.1. The fourth-order valence-corrected chi connectivity index (χ4v) is 3.43. The summed E-state index contributed by atoms with van der Waals surface area (Å²) in [4.78, 5) is 21.3. The minimum Gasteiger partial charge on any atom is -0.409 e. The second kappa shape index (κ2) is 7.61. The molecule has 27 heavy (non-hydrogen) atoms. The Kier molecular flexibility index (Phi) is 4.87. The van der Waals surface area contributed by atoms with Crippen molar-refractivity contribution in [2.45, 2.75) is 18.8 Å². The summed E-state index contributed by atoms with van der Waals surface area (Å²) in [5, 5.41) is 0. The summed E-state index contributed by atoms with van der Waals surface area (Å²) in [6.45, 7) is 1.25. The number of carbonyl (C=O) groups is 1. The number of pyridine rings is 1. The van der Waals surface area contributed by atoms with Crippen LogP contribution in [-0.4, -0.2) is 34.1 Å². The molecule has 1 fully saturated rings. The molecule has 0 bridgehead atoms. The van der Waals surface area contributed by atoms with E-state index in [1.165, 1.54) is 12.3 Å². The second-order valence-corrected chi connectivity index (χ2v) is 6.63. The second-order valence-electron chi connectivity index (χ2n) is 6.63. The molecule has 6 heteroatoms. The van der Waals surface area contributed by atoms with Gasteiger partial charge >= 0.3 is 6.09 Å². The van der Waals surface area contributed by atoms with Gasteiger partial charge in [-0.1, -0.05) is 12.1 Å². The number of benzene rings is 1. The van der Waals surface area contributed by atoms with Gasteiger partial charge in [-0.25, -0.2) is 9.18 Å². The molecule has 2 aromatic heterocycles. The first-order chi connectivity index (χ1) is 13.2. The molecule has 5 nitrogen and oxygen atoms in total. The molecule has 0 unspecified atom stereocenters. The zero-order chi connectivity index (χ0) is 18.6. The Morgan fingerprint density at radius 2 is 1.93 bits per heavy atom. The lowest BCUT2D eigenvalue weighted by Crippen LogP contribution is -2.39. The van der Waals surface area contributed by atoms with Gasteiger partial charge < -0.3 is 14.6 Å². The summed E-state index contributed by atoms with van der Waals surface area (Å²) in [5.41, 5.74) is 2.43. The Bertz CT molecular complexity index is 918. The third-order valence-electron chi connectivity index (χ3n) is 4.91. The van der Waals surface area contributed by atoms with E-state index in [0.29, 0.717) is 30.3 Å². The Morgan fingerprint density at radius 3 is 2.67 bits per heavy atom. The maximum atomic E-state index is 14.0. The predicted octanol–water partition coefficient (Wildman–Crippen LogP) is 4.59. The van der Waals surface area contributed by atoms with E-state index >= 15 is 0 Å². The third kappa shape index (κ3) is 3.84. The smallest absolute Gasteiger partial charge is 0.409 e. The monoisotopic (exact) mass is 365 g/mol. The van der Waals surface area contributed by atoms with Crippen molar-refractivity contribution < 1.29 is 13.9 Å². The van der Waals surface area contributed by atoms with Gasteiger partial charge in [-0.2, -0.15) is 0 Å². The number of aromatic nitrogens is 2. The van der Waals surface area contributed by atoms with E-state index in [1.54, 1.807) is 35.4 Å². The van der Waals surface area contributed by atoms with Crippen LogP contribution >= 0.6 is 0 Å². The number of aromatic amines is 1. The Hall–Kier alpha value is -3.15. The van der Waals surface area contributed by atoms with Crippen LogP contribution in [0.3, 0.4) is 0 Å². The van der Waals surface area contributed by atoms with Gasteiger partial charge in [0, 0.05) is 42.2 Å². The van der Waals surface area contributed by atoms with Crippen LogP contribution in [0.4, 0.5) is 9.18 Å². The van der Waals surface area contributed by atoms with Gasteiger partial charge in [-0.15, -0.1) is 0 Å². The molecule has 1 saturated heterocycles. The van der Waals surface area contributed by atoms with Crippen molar-refractivity contribution in [2.75, 3.05) is 13.1 Å². The number of hydrogen-bond donors (Lipinski definition) is 1. The lowest BCUT2D eigenvalue weighted by Gasteiger charge is -2.30. The zero-order valence-electron chi connectivity index (χ0n) is 14.8. The number of nitrogens with zero attached hydrogens (tertiary/aromatic N) is 2. The van der Waals surface area contributed by atoms with Crippen molar-refractivity contribution in [3.63, 3.8) is 0 Å². The summed E-state index contributed by atoms with van der Waals surface area (Å²) in [5.74, 6) is 0.523. The minimum atomic E-state index is -0.347. The maximum absolute atomic E-state index is 14.0. The summed E-state index contributed by atoms with van der Waals surface area (Å²) in [7, 11) is 0. The van der Waals surface area contributed by atoms with Crippen LogP contribution in [0.2, 0.25) is 0 Å². The molecule has 0 saturated carbocycles. The number of rotatable bonds is 3. The molecule has 3 aromatic rings. The normalized spacial score (nSPS) is 14.9. The number of likely N-dealkylation sites (tertiary alicyclic amines) is 1. The summed E-state index contributed by atoms with van der Waals surface area (Å²) in [6.07, 6.45) is 4.47. The van der Waals surface area contributed by atoms with Crippen molar-refractivity contribution in [3.05, 3.63) is 72.4 Å². The molecule has 0 radical (unpaired) electrons. The van der Waals surface area contributed by atoms with Crippen molar-refractivity contribution in [1.29, 1.82) is 0 Å². The predicted molar refractivity (Wildman–Crippen MR) is 100.0 cm³/mol. The van der Waals surface area contributed by atoms with E-state index in [-0.39, 0.29) is 11.9 Å². The SMILES string of the molecule is O=C(Oc1cccnc1)N1CCC(c2ccc(-c3ccccc3F)[nH]2)CC1. The van der Waals surface area contributed by atoms with E-state index in [2.05, 4.69) is 9.97 Å². The number of halogens is 1. The van der Waals surface area contributed by atoms with Gasteiger partial charge in [-0.3, -0.25) is 4.98 Å². The van der Waals surface area contributed by atoms with Crippen LogP contribution in [0.15, 0.2) is 60.9 Å². The molecular formula is C21H20FN3O2. The highest BCUT2D eigenvalue weighted by Crippen LogP contribution is 2.30. The number of piperidine rings is 1. The van der Waals surface area contributed by atoms with Crippen molar-refractivity contribution in [1.82, 2.24) is 14.9 Å². The van der Waals surface area contributed by atoms with Gasteiger partial charge in [-0.05, 0) is 49.2 Å². The standard InChI is InChI=1S/C21H20FN3O2/c22-18-6-2-1-5-17(18)20-8-7-19(24-20)15-9-12-25(13-10-15)21(26)27-16-4-3-11-23-14-16/h1-8,11,14-15,24H,9-10,12-13H2. The molecule has 1 N–H and O–H groups in total. The quantitative estimate of drug-likeness (QED) is 0.738. The lowest BCUT2D eigenvalue weighted by atomic mass is 9.94. The van der Waals surface area contributed by atoms with Gasteiger partial charge in [0.15, 0.2) is 5.75 Å². The Balaban J connectivity index is 1.37. The lowest BCUT2D eigenvalue weighted by molar-refractivity contribution is 0.138. The van der Waals surface area contributed by atoms with Crippen LogP contribution in [-0.2, 0) is 0 Å². The summed E-state index contributed by atoms with van der Waals surface area (Å²) >= 11 is 0. The summed E-state index contributed by atoms with van der Waals surface area (Å²) < 4.78 is 19.3. The number of ether oxygens (including phenoxy) is 1. The number of amides is 1. The highest BCUT2D eigenvalue weighted by Gasteiger charge is 2.26. The first kappa shape index (κ1) is 17.3. The zero-order valence-corrected chi connectivity index (χ0v) is 14.8. The summed E-state index contributed by atoms with van der Waals surface area (Å²) in [6, 6.07) is 14.1. The fraction of sp³-hybridized carbons (Fsp3) is 0.238. The molecule has 4 rings (SSSR count). The molecule has 3 heterocycles. The maximum Gasteiger partial charge on any atom is 0.415 e. The van der Waals surface area contributed by atoms with Crippen molar-refractivity contribution in [2.24, 2.45) is 0 Å². The number of carbonyl (C=O) groups excluding carboxylic acids is 1. The van der Waals surface area contributed by atoms with Crippen LogP contribution in [0, 0.1) is 5.82 Å². The molecule has 0 aliphatic carbocycles. The van der Waals surface area contributed by atoms with Crippen LogP contribution in [0.25, 0.3) is 11.3 Å². The molecule has 0 spiro atoms. The number of nitrogens with one attached hydrogen (secondary N) is 1. The Labute approximate surface area is 156 Å². The molecule has 138 valence electrons. The van der Waals surface area contributed by atoms with Gasteiger partial charge in [0.2, 0.25) is 0 Å². The molecular weight excluding hydrogens is 345 g/mol. The van der Waals surface area contributed by atoms with Gasteiger partial charge in [0.05, 0.1) is 6.20 Å². The van der Waals surface area contributed by atoms with Gasteiger partial charge in [0.25, 0.3) is 0 Å². The third-order valence-corrected chi connectivity index (χ3v) is 4.91. The highest BCUT2D eigenvalue weighted by molar-refractivity contribution is 5.70. The Morgan fingerprint density at radius 1 is 1.11 bits per heavy atom. The molecule has 1 aliphatic rings. The van der Waals surface area contributed by atoms with Crippen molar-refractivity contribution >= 4 is 6.09 Å². The number of hydrogen-bond acceptors (Lipinski definition) is 3. The molecule has 0 atom stereocenters. The van der Waals surface area contributed by atoms with E-state index < -0.39 is 0 Å². The molecule has 1 aromatic carbocycles. The average molecular weight is 365 g/mol. The number of H-pyrrole nitrogens is 1. The minimum absolute atomic E-state index is 0.237. The van der Waals surface area contributed by atoms with Crippen LogP contribution < -0.4 is 4.74 Å². The van der Waals surface area contributed by atoms with E-state index in [1.807, 2.05) is 18.2 Å². The van der Waals surface area contributed by atoms with Crippen molar-refractivity contribution in [3.8, 4) is 17.0 Å². The first-order valence-corrected chi connectivity index (χ1v) is 9.01. The van der Waals surface area contributed by atoms with E-state index in [9.17, 15) is 9.18 Å². The molecule has 1 amide bonds. The average Bonchev–Trinajstić information content (AvgIpc) is 3.19. The van der Waals surface area contributed by atoms with E-state index in [0.717, 1.165) is 24.2 Å². The largest absolute Gasteiger partial charge is 0.415 e. The topological polar surface area (TPSA) is 58.2 Å². The molecule has 1 aliphatic heterocycles. The van der Waals surface area contributed by atoms with Crippen LogP contribution in [0.1, 0.15) is 24.5 Å².